The predicted molar refractivity (Wildman–Crippen MR) is 101 cm³/mol. The Morgan fingerprint density at radius 2 is 2.15 bits per heavy atom. The summed E-state index contributed by atoms with van der Waals surface area (Å²) < 4.78 is 5.56. The van der Waals surface area contributed by atoms with Gasteiger partial charge in [0, 0.05) is 25.0 Å². The molecule has 1 aromatic heterocycles. The van der Waals surface area contributed by atoms with E-state index in [4.69, 9.17) is 4.74 Å². The Morgan fingerprint density at radius 3 is 2.74 bits per heavy atom. The lowest BCUT2D eigenvalue weighted by Crippen LogP contribution is -2.27. The van der Waals surface area contributed by atoms with Gasteiger partial charge in [0.05, 0.1) is 12.4 Å². The minimum Gasteiger partial charge on any atom is -0.513 e. The smallest absolute Gasteiger partial charge is 0.152 e. The van der Waals surface area contributed by atoms with Crippen LogP contribution in [0, 0.1) is 11.8 Å². The summed E-state index contributed by atoms with van der Waals surface area (Å²) in [5.41, 5.74) is 2.59. The Bertz CT molecular complexity index is 734. The van der Waals surface area contributed by atoms with Gasteiger partial charge >= 0.3 is 0 Å². The van der Waals surface area contributed by atoms with Crippen LogP contribution in [0.4, 0.5) is 0 Å². The SMILES string of the molecule is C=C(O)[C@@H](C1CCOC1)[C@H](Cc1ccc(C2CCNC2)cc1)c1nnn[nH]1. The number of allylic oxidation sites excluding steroid dienone is 1. The van der Waals surface area contributed by atoms with Crippen molar-refractivity contribution in [2.75, 3.05) is 26.3 Å². The molecule has 3 heterocycles. The van der Waals surface area contributed by atoms with Gasteiger partial charge in [0.2, 0.25) is 0 Å². The number of nitrogens with one attached hydrogen (secondary N) is 2. The third kappa shape index (κ3) is 4.04. The molecule has 0 spiro atoms. The van der Waals surface area contributed by atoms with Crippen LogP contribution in [0.15, 0.2) is 36.6 Å². The third-order valence-corrected chi connectivity index (χ3v) is 5.97. The molecule has 2 saturated heterocycles. The molecule has 0 saturated carbocycles. The molecule has 2 aliphatic rings. The molecule has 7 nitrogen and oxygen atoms in total. The first-order valence-corrected chi connectivity index (χ1v) is 9.71. The van der Waals surface area contributed by atoms with Crippen LogP contribution in [0.1, 0.15) is 41.6 Å². The van der Waals surface area contributed by atoms with Gasteiger partial charge in [-0.25, -0.2) is 5.10 Å². The highest BCUT2D eigenvalue weighted by atomic mass is 16.5. The normalized spacial score (nSPS) is 24.7. The topological polar surface area (TPSA) is 96.0 Å². The zero-order valence-electron chi connectivity index (χ0n) is 15.5. The first-order chi connectivity index (χ1) is 13.2. The molecule has 2 fully saturated rings. The number of tetrazole rings is 1. The van der Waals surface area contributed by atoms with Crippen molar-refractivity contribution in [2.24, 2.45) is 11.8 Å². The number of aliphatic hydroxyl groups is 1. The predicted octanol–water partition coefficient (Wildman–Crippen LogP) is 2.33. The standard InChI is InChI=1S/C20H27N5O2/c1-13(26)19(17-7-9-27-12-17)18(20-22-24-25-23-20)10-14-2-4-15(5-3-14)16-6-8-21-11-16/h2-5,16-19,21,26H,1,6-12H2,(H,22,23,24,25)/t16?,17?,18-,19-/m0/s1. The van der Waals surface area contributed by atoms with Crippen LogP contribution in [0.2, 0.25) is 0 Å². The van der Waals surface area contributed by atoms with Crippen LogP contribution in [0.25, 0.3) is 0 Å². The maximum atomic E-state index is 10.4. The molecule has 7 heteroatoms. The molecule has 4 atom stereocenters. The van der Waals surface area contributed by atoms with Crippen LogP contribution in [-0.4, -0.2) is 52.0 Å². The second-order valence-electron chi connectivity index (χ2n) is 7.67. The average Bonchev–Trinajstić information content (AvgIpc) is 3.43. The fourth-order valence-corrected chi connectivity index (χ4v) is 4.51. The molecule has 4 rings (SSSR count). The lowest BCUT2D eigenvalue weighted by atomic mass is 9.76. The first-order valence-electron chi connectivity index (χ1n) is 9.71. The molecular weight excluding hydrogens is 342 g/mol. The van der Waals surface area contributed by atoms with Crippen molar-refractivity contribution in [3.8, 4) is 0 Å². The molecule has 2 aliphatic heterocycles. The lowest BCUT2D eigenvalue weighted by molar-refractivity contribution is 0.156. The zero-order chi connectivity index (χ0) is 18.6. The van der Waals surface area contributed by atoms with Crippen LogP contribution in [-0.2, 0) is 11.2 Å². The molecule has 0 amide bonds. The molecule has 0 bridgehead atoms. The van der Waals surface area contributed by atoms with Gasteiger partial charge in [0.25, 0.3) is 0 Å². The van der Waals surface area contributed by atoms with E-state index in [0.717, 1.165) is 32.5 Å². The molecular formula is C20H27N5O2. The van der Waals surface area contributed by atoms with Gasteiger partial charge in [-0.1, -0.05) is 30.8 Å². The summed E-state index contributed by atoms with van der Waals surface area (Å²) in [6.45, 7) is 7.36. The largest absolute Gasteiger partial charge is 0.513 e. The molecule has 0 aliphatic carbocycles. The van der Waals surface area contributed by atoms with Gasteiger partial charge in [-0.05, 0) is 59.2 Å². The summed E-state index contributed by atoms with van der Waals surface area (Å²) in [5, 5.41) is 28.3. The lowest BCUT2D eigenvalue weighted by Gasteiger charge is -2.28. The number of aromatic amines is 1. The Balaban J connectivity index is 1.56. The summed E-state index contributed by atoms with van der Waals surface area (Å²) >= 11 is 0. The Hall–Kier alpha value is -2.25. The monoisotopic (exact) mass is 369 g/mol. The molecule has 2 unspecified atom stereocenters. The number of hydrogen-bond donors (Lipinski definition) is 3. The molecule has 2 aromatic rings. The quantitative estimate of drug-likeness (QED) is 0.648. The van der Waals surface area contributed by atoms with E-state index in [1.807, 2.05) is 0 Å². The highest BCUT2D eigenvalue weighted by Crippen LogP contribution is 2.39. The van der Waals surface area contributed by atoms with E-state index >= 15 is 0 Å². The van der Waals surface area contributed by atoms with Crippen molar-refractivity contribution in [3.05, 3.63) is 53.6 Å². The van der Waals surface area contributed by atoms with E-state index in [1.165, 1.54) is 17.5 Å². The number of ether oxygens (including phenoxy) is 1. The average molecular weight is 369 g/mol. The van der Waals surface area contributed by atoms with E-state index in [1.54, 1.807) is 0 Å². The third-order valence-electron chi connectivity index (χ3n) is 5.97. The summed E-state index contributed by atoms with van der Waals surface area (Å²) in [5.74, 6) is 1.49. The summed E-state index contributed by atoms with van der Waals surface area (Å²) in [6.07, 6.45) is 2.84. The second-order valence-corrected chi connectivity index (χ2v) is 7.67. The van der Waals surface area contributed by atoms with Crippen molar-refractivity contribution in [2.45, 2.75) is 31.1 Å². The number of nitrogens with zero attached hydrogens (tertiary/aromatic N) is 3. The maximum Gasteiger partial charge on any atom is 0.152 e. The Kier molecular flexibility index (Phi) is 5.50. The van der Waals surface area contributed by atoms with Crippen molar-refractivity contribution in [1.29, 1.82) is 0 Å². The highest BCUT2D eigenvalue weighted by Gasteiger charge is 2.37. The fourth-order valence-electron chi connectivity index (χ4n) is 4.51. The van der Waals surface area contributed by atoms with Gasteiger partial charge in [0.15, 0.2) is 5.82 Å². The Labute approximate surface area is 159 Å². The van der Waals surface area contributed by atoms with Gasteiger partial charge in [0.1, 0.15) is 0 Å². The number of aliphatic hydroxyl groups excluding tert-OH is 1. The number of rotatable bonds is 7. The van der Waals surface area contributed by atoms with Gasteiger partial charge in [-0.15, -0.1) is 5.10 Å². The number of aromatic nitrogens is 4. The van der Waals surface area contributed by atoms with Crippen molar-refractivity contribution in [3.63, 3.8) is 0 Å². The maximum absolute atomic E-state index is 10.4. The number of benzene rings is 1. The van der Waals surface area contributed by atoms with Crippen LogP contribution in [0.3, 0.4) is 0 Å². The van der Waals surface area contributed by atoms with E-state index in [9.17, 15) is 5.11 Å². The minimum atomic E-state index is -0.138. The highest BCUT2D eigenvalue weighted by molar-refractivity contribution is 5.28. The Morgan fingerprint density at radius 1 is 1.30 bits per heavy atom. The molecule has 3 N–H and O–H groups in total. The van der Waals surface area contributed by atoms with Crippen molar-refractivity contribution in [1.82, 2.24) is 25.9 Å². The summed E-state index contributed by atoms with van der Waals surface area (Å²) in [7, 11) is 0. The van der Waals surface area contributed by atoms with E-state index in [-0.39, 0.29) is 23.5 Å². The van der Waals surface area contributed by atoms with Crippen LogP contribution >= 0.6 is 0 Å². The molecule has 0 radical (unpaired) electrons. The molecule has 1 aromatic carbocycles. The summed E-state index contributed by atoms with van der Waals surface area (Å²) in [6, 6.07) is 8.83. The van der Waals surface area contributed by atoms with Gasteiger partial charge in [-0.3, -0.25) is 0 Å². The van der Waals surface area contributed by atoms with E-state index in [2.05, 4.69) is 56.8 Å². The minimum absolute atomic E-state index is 0.0665. The van der Waals surface area contributed by atoms with Crippen molar-refractivity contribution < 1.29 is 9.84 Å². The van der Waals surface area contributed by atoms with Crippen molar-refractivity contribution >= 4 is 0 Å². The molecule has 144 valence electrons. The number of hydrogen-bond acceptors (Lipinski definition) is 6. The van der Waals surface area contributed by atoms with Gasteiger partial charge in [-0.2, -0.15) is 0 Å². The fraction of sp³-hybridized carbons (Fsp3) is 0.550. The van der Waals surface area contributed by atoms with Crippen LogP contribution < -0.4 is 5.32 Å². The summed E-state index contributed by atoms with van der Waals surface area (Å²) in [4.78, 5) is 0. The van der Waals surface area contributed by atoms with E-state index in [0.29, 0.717) is 18.3 Å². The first kappa shape index (κ1) is 18.1. The second kappa shape index (κ2) is 8.19. The van der Waals surface area contributed by atoms with Gasteiger partial charge < -0.3 is 15.2 Å². The zero-order valence-corrected chi connectivity index (χ0v) is 15.5. The number of H-pyrrole nitrogens is 1. The van der Waals surface area contributed by atoms with Crippen LogP contribution in [0.5, 0.6) is 0 Å². The molecule has 27 heavy (non-hydrogen) atoms. The van der Waals surface area contributed by atoms with E-state index < -0.39 is 0 Å².